The number of rotatable bonds is 1. The van der Waals surface area contributed by atoms with Gasteiger partial charge in [-0.25, -0.2) is 0 Å². The molecule has 0 saturated heterocycles. The van der Waals surface area contributed by atoms with Crippen LogP contribution < -0.4 is 4.74 Å². The number of ether oxygens (including phenoxy) is 1. The molecule has 2 heteroatoms. The molecule has 1 aliphatic heterocycles. The molecule has 0 aliphatic carbocycles. The molecule has 0 bridgehead atoms. The van der Waals surface area contributed by atoms with Crippen molar-refractivity contribution in [3.63, 3.8) is 0 Å². The molecule has 0 saturated carbocycles. The van der Waals surface area contributed by atoms with Gasteiger partial charge < -0.3 is 9.15 Å². The van der Waals surface area contributed by atoms with Crippen molar-refractivity contribution >= 4 is 11.0 Å². The van der Waals surface area contributed by atoms with E-state index in [1.165, 1.54) is 22.3 Å². The first kappa shape index (κ1) is 14.4. The average Bonchev–Trinajstić information content (AvgIpc) is 3.06. The van der Waals surface area contributed by atoms with Crippen LogP contribution in [0.15, 0.2) is 47.1 Å². The molecule has 2 nitrogen and oxygen atoms in total. The predicted octanol–water partition coefficient (Wildman–Crippen LogP) is 5.92. The summed E-state index contributed by atoms with van der Waals surface area (Å²) in [5.41, 5.74) is 6.07. The van der Waals surface area contributed by atoms with E-state index in [2.05, 4.69) is 58.0 Å². The molecule has 4 rings (SSSR count). The first-order valence-electron chi connectivity index (χ1n) is 8.31. The first-order valence-corrected chi connectivity index (χ1v) is 8.31. The topological polar surface area (TPSA) is 22.4 Å². The minimum Gasteiger partial charge on any atom is -0.484 e. The number of aryl methyl sites for hydroxylation is 1. The number of furan rings is 1. The Morgan fingerprint density at radius 3 is 2.39 bits per heavy atom. The Kier molecular flexibility index (Phi) is 3.22. The van der Waals surface area contributed by atoms with Crippen molar-refractivity contribution in [2.45, 2.75) is 39.7 Å². The molecule has 118 valence electrons. The minimum absolute atomic E-state index is 0.0823. The Bertz CT molecular complexity index is 860. The summed E-state index contributed by atoms with van der Waals surface area (Å²) in [6.07, 6.45) is 1.85. The molecule has 0 fully saturated rings. The lowest BCUT2D eigenvalue weighted by molar-refractivity contribution is 0.108. The maximum absolute atomic E-state index is 6.55. The van der Waals surface area contributed by atoms with E-state index in [1.807, 2.05) is 6.07 Å². The van der Waals surface area contributed by atoms with E-state index in [1.54, 1.807) is 6.26 Å². The second-order valence-corrected chi connectivity index (χ2v) is 6.75. The van der Waals surface area contributed by atoms with Gasteiger partial charge in [-0.2, -0.15) is 0 Å². The van der Waals surface area contributed by atoms with Crippen LogP contribution >= 0.6 is 0 Å². The van der Waals surface area contributed by atoms with E-state index in [0.29, 0.717) is 11.8 Å². The van der Waals surface area contributed by atoms with Crippen molar-refractivity contribution in [1.82, 2.24) is 0 Å². The Morgan fingerprint density at radius 1 is 0.913 bits per heavy atom. The maximum atomic E-state index is 6.55. The van der Waals surface area contributed by atoms with Gasteiger partial charge in [-0.05, 0) is 42.5 Å². The summed E-state index contributed by atoms with van der Waals surface area (Å²) in [5.74, 6) is 1.88. The lowest BCUT2D eigenvalue weighted by atomic mass is 9.77. The fourth-order valence-electron chi connectivity index (χ4n) is 3.92. The number of fused-ring (bicyclic) bond motifs is 3. The fourth-order valence-corrected chi connectivity index (χ4v) is 3.92. The Labute approximate surface area is 137 Å². The lowest BCUT2D eigenvalue weighted by Crippen LogP contribution is -2.27. The smallest absolute Gasteiger partial charge is 0.140 e. The third-order valence-electron chi connectivity index (χ3n) is 5.56. The quantitative estimate of drug-likeness (QED) is 0.556. The van der Waals surface area contributed by atoms with Crippen LogP contribution in [0.2, 0.25) is 0 Å². The Morgan fingerprint density at radius 2 is 1.65 bits per heavy atom. The van der Waals surface area contributed by atoms with Gasteiger partial charge in [0.05, 0.1) is 11.6 Å². The summed E-state index contributed by atoms with van der Waals surface area (Å²) in [6.45, 7) is 8.94. The SMILES string of the molecule is Cc1c2c(c3ccoc3c1C)OC(c1ccccc1)C(C)C2C. The summed E-state index contributed by atoms with van der Waals surface area (Å²) in [6, 6.07) is 12.6. The summed E-state index contributed by atoms with van der Waals surface area (Å²) < 4.78 is 12.3. The number of benzene rings is 2. The normalized spacial score (nSPS) is 23.6. The summed E-state index contributed by atoms with van der Waals surface area (Å²) in [4.78, 5) is 0. The molecule has 3 atom stereocenters. The molecule has 1 aromatic heterocycles. The van der Waals surface area contributed by atoms with Crippen LogP contribution in [0.3, 0.4) is 0 Å². The van der Waals surface area contributed by atoms with Crippen LogP contribution in [-0.2, 0) is 0 Å². The monoisotopic (exact) mass is 306 g/mol. The number of hydrogen-bond acceptors (Lipinski definition) is 2. The van der Waals surface area contributed by atoms with Gasteiger partial charge in [-0.15, -0.1) is 0 Å². The van der Waals surface area contributed by atoms with Crippen molar-refractivity contribution in [2.24, 2.45) is 5.92 Å². The molecule has 2 heterocycles. The summed E-state index contributed by atoms with van der Waals surface area (Å²) in [5, 5.41) is 1.10. The predicted molar refractivity (Wildman–Crippen MR) is 93.1 cm³/mol. The molecule has 2 aromatic carbocycles. The zero-order valence-corrected chi connectivity index (χ0v) is 14.1. The van der Waals surface area contributed by atoms with Crippen molar-refractivity contribution in [2.75, 3.05) is 0 Å². The van der Waals surface area contributed by atoms with Gasteiger partial charge >= 0.3 is 0 Å². The molecule has 0 radical (unpaired) electrons. The minimum atomic E-state index is 0.0823. The van der Waals surface area contributed by atoms with Crippen LogP contribution in [-0.4, -0.2) is 0 Å². The van der Waals surface area contributed by atoms with Crippen LogP contribution in [0.25, 0.3) is 11.0 Å². The molecule has 23 heavy (non-hydrogen) atoms. The highest BCUT2D eigenvalue weighted by molar-refractivity contribution is 5.90. The average molecular weight is 306 g/mol. The van der Waals surface area contributed by atoms with Gasteiger partial charge in [0.2, 0.25) is 0 Å². The van der Waals surface area contributed by atoms with E-state index in [-0.39, 0.29) is 6.10 Å². The molecule has 0 spiro atoms. The molecule has 0 amide bonds. The highest BCUT2D eigenvalue weighted by Crippen LogP contribution is 2.51. The number of hydrogen-bond donors (Lipinski definition) is 0. The lowest BCUT2D eigenvalue weighted by Gasteiger charge is -2.38. The Balaban J connectivity index is 1.94. The van der Waals surface area contributed by atoms with Gasteiger partial charge in [0, 0.05) is 11.5 Å². The highest BCUT2D eigenvalue weighted by Gasteiger charge is 2.36. The standard InChI is InChI=1S/C21H22O2/c1-12-14(3)19(16-8-6-5-7-9-16)23-21-17-10-11-22-20(17)15(4)13(2)18(12)21/h5-12,14,19H,1-4H3. The van der Waals surface area contributed by atoms with Crippen molar-refractivity contribution in [1.29, 1.82) is 0 Å². The fraction of sp³-hybridized carbons (Fsp3) is 0.333. The zero-order chi connectivity index (χ0) is 16.1. The van der Waals surface area contributed by atoms with E-state index >= 15 is 0 Å². The van der Waals surface area contributed by atoms with Crippen LogP contribution in [0.4, 0.5) is 0 Å². The third-order valence-corrected chi connectivity index (χ3v) is 5.56. The highest BCUT2D eigenvalue weighted by atomic mass is 16.5. The van der Waals surface area contributed by atoms with Crippen molar-refractivity contribution in [3.05, 3.63) is 64.9 Å². The first-order chi connectivity index (χ1) is 11.1. The van der Waals surface area contributed by atoms with Gasteiger partial charge in [0.15, 0.2) is 0 Å². The summed E-state index contributed by atoms with van der Waals surface area (Å²) in [7, 11) is 0. The van der Waals surface area contributed by atoms with E-state index in [4.69, 9.17) is 9.15 Å². The van der Waals surface area contributed by atoms with Gasteiger partial charge in [-0.1, -0.05) is 44.2 Å². The zero-order valence-electron chi connectivity index (χ0n) is 14.1. The molecule has 1 aliphatic rings. The third kappa shape index (κ3) is 2.01. The van der Waals surface area contributed by atoms with Gasteiger partial charge in [0.25, 0.3) is 0 Å². The summed E-state index contributed by atoms with van der Waals surface area (Å²) >= 11 is 0. The van der Waals surface area contributed by atoms with Crippen LogP contribution in [0.5, 0.6) is 5.75 Å². The van der Waals surface area contributed by atoms with Crippen LogP contribution in [0.1, 0.15) is 48.1 Å². The maximum Gasteiger partial charge on any atom is 0.140 e. The van der Waals surface area contributed by atoms with Crippen LogP contribution in [0, 0.1) is 19.8 Å². The molecular weight excluding hydrogens is 284 g/mol. The largest absolute Gasteiger partial charge is 0.484 e. The van der Waals surface area contributed by atoms with Crippen molar-refractivity contribution in [3.8, 4) is 5.75 Å². The van der Waals surface area contributed by atoms with E-state index < -0.39 is 0 Å². The van der Waals surface area contributed by atoms with Gasteiger partial charge in [0.1, 0.15) is 17.4 Å². The molecule has 0 N–H and O–H groups in total. The van der Waals surface area contributed by atoms with E-state index in [0.717, 1.165) is 16.7 Å². The second kappa shape index (κ2) is 5.16. The molecular formula is C21H22O2. The second-order valence-electron chi connectivity index (χ2n) is 6.75. The molecule has 3 unspecified atom stereocenters. The van der Waals surface area contributed by atoms with E-state index in [9.17, 15) is 0 Å². The van der Waals surface area contributed by atoms with Crippen molar-refractivity contribution < 1.29 is 9.15 Å². The molecule has 3 aromatic rings. The Hall–Kier alpha value is -2.22. The van der Waals surface area contributed by atoms with Gasteiger partial charge in [-0.3, -0.25) is 0 Å².